The maximum atomic E-state index is 13.2. The van der Waals surface area contributed by atoms with Gasteiger partial charge < -0.3 is 29.5 Å². The van der Waals surface area contributed by atoms with Gasteiger partial charge >= 0.3 is 11.9 Å². The molecule has 1 unspecified atom stereocenters. The van der Waals surface area contributed by atoms with Crippen molar-refractivity contribution in [1.29, 1.82) is 0 Å². The summed E-state index contributed by atoms with van der Waals surface area (Å²) in [5.74, 6) is -2.08. The summed E-state index contributed by atoms with van der Waals surface area (Å²) in [6.07, 6.45) is 8.93. The minimum absolute atomic E-state index is 0.0610. The van der Waals surface area contributed by atoms with Gasteiger partial charge in [-0.1, -0.05) is 31.4 Å². The lowest BCUT2D eigenvalue weighted by Crippen LogP contribution is -2.34. The van der Waals surface area contributed by atoms with E-state index in [4.69, 9.17) is 29.3 Å². The molecule has 10 heteroatoms. The lowest BCUT2D eigenvalue weighted by molar-refractivity contribution is -0.159. The molecule has 4 rings (SSSR count). The van der Waals surface area contributed by atoms with Gasteiger partial charge in [0.2, 0.25) is 5.91 Å². The molecule has 2 aromatic rings. The van der Waals surface area contributed by atoms with Gasteiger partial charge in [-0.05, 0) is 69.6 Å². The Morgan fingerprint density at radius 3 is 2.41 bits per heavy atom. The Balaban J connectivity index is 0.000000631. The Labute approximate surface area is 234 Å². The highest BCUT2D eigenvalue weighted by molar-refractivity contribution is 8.00. The molecule has 1 atom stereocenters. The van der Waals surface area contributed by atoms with E-state index in [2.05, 4.69) is 18.0 Å². The zero-order chi connectivity index (χ0) is 28.4. The maximum Gasteiger partial charge on any atom is 0.414 e. The quantitative estimate of drug-likeness (QED) is 0.321. The monoisotopic (exact) mass is 558 g/mol. The third-order valence-corrected chi connectivity index (χ3v) is 8.36. The molecule has 2 N–H and O–H groups in total. The summed E-state index contributed by atoms with van der Waals surface area (Å²) in [7, 11) is 5.76. The molecule has 2 aliphatic rings. The molecule has 212 valence electrons. The number of anilines is 1. The Morgan fingerprint density at radius 1 is 1.05 bits per heavy atom. The van der Waals surface area contributed by atoms with Crippen LogP contribution < -0.4 is 14.4 Å². The molecule has 1 aliphatic heterocycles. The van der Waals surface area contributed by atoms with E-state index >= 15 is 0 Å². The highest BCUT2D eigenvalue weighted by Crippen LogP contribution is 2.48. The number of likely N-dealkylation sites (N-methyl/N-ethyl adjacent to an activating group) is 1. The van der Waals surface area contributed by atoms with Gasteiger partial charge in [0.05, 0.1) is 19.4 Å². The normalized spacial score (nSPS) is 17.2. The molecule has 0 bridgehead atoms. The lowest BCUT2D eigenvalue weighted by atomic mass is 9.94. The summed E-state index contributed by atoms with van der Waals surface area (Å²) < 4.78 is 11.7. The second kappa shape index (κ2) is 14.8. The van der Waals surface area contributed by atoms with Crippen molar-refractivity contribution in [3.63, 3.8) is 0 Å². The number of ether oxygens (including phenoxy) is 2. The van der Waals surface area contributed by atoms with E-state index in [0.717, 1.165) is 53.1 Å². The Hall–Kier alpha value is -3.24. The van der Waals surface area contributed by atoms with Gasteiger partial charge in [-0.15, -0.1) is 11.8 Å². The molecular weight excluding hydrogens is 520 g/mol. The van der Waals surface area contributed by atoms with Crippen LogP contribution in [0.4, 0.5) is 5.69 Å². The van der Waals surface area contributed by atoms with Crippen LogP contribution in [-0.4, -0.2) is 73.4 Å². The summed E-state index contributed by atoms with van der Waals surface area (Å²) in [6, 6.07) is 14.6. The number of unbranched alkanes of at least 4 members (excludes halogenated alkanes) is 1. The number of fused-ring (bicyclic) bond motifs is 1. The SMILES string of the molecule is COc1ccc(OCCCCN(C)C2CCCCC2)c(C2Sc3ccccc3N(C)C2=O)c1.O=C(O)C(=O)O. The number of carbonyl (C=O) groups is 3. The predicted molar refractivity (Wildman–Crippen MR) is 151 cm³/mol. The highest BCUT2D eigenvalue weighted by Gasteiger charge is 2.34. The summed E-state index contributed by atoms with van der Waals surface area (Å²) in [5.41, 5.74) is 1.83. The van der Waals surface area contributed by atoms with Crippen LogP contribution in [-0.2, 0) is 14.4 Å². The molecule has 1 fully saturated rings. The third kappa shape index (κ3) is 8.37. The van der Waals surface area contributed by atoms with Crippen molar-refractivity contribution in [3.8, 4) is 11.5 Å². The van der Waals surface area contributed by atoms with Gasteiger partial charge in [0.25, 0.3) is 0 Å². The van der Waals surface area contributed by atoms with Crippen LogP contribution in [0, 0.1) is 0 Å². The van der Waals surface area contributed by atoms with Crippen LogP contribution in [0.15, 0.2) is 47.4 Å². The Kier molecular flexibility index (Phi) is 11.5. The van der Waals surface area contributed by atoms with Crippen LogP contribution in [0.1, 0.15) is 55.8 Å². The standard InChI is InChI=1S/C27H36N2O3S.C2H2O4/c1-28(20-11-5-4-6-12-20)17-9-10-18-32-24-16-15-21(31-3)19-22(24)26-27(30)29(2)23-13-7-8-14-25(23)33-26;3-1(4)2(5)6/h7-8,13-16,19-20,26H,4-6,9-12,17-18H2,1-3H3;(H,3,4)(H,5,6). The van der Waals surface area contributed by atoms with Gasteiger partial charge in [0.1, 0.15) is 16.7 Å². The van der Waals surface area contributed by atoms with Crippen molar-refractivity contribution in [1.82, 2.24) is 4.90 Å². The number of carboxylic acids is 2. The first kappa shape index (κ1) is 30.3. The van der Waals surface area contributed by atoms with E-state index in [9.17, 15) is 4.79 Å². The number of aliphatic carboxylic acids is 2. The van der Waals surface area contributed by atoms with Crippen LogP contribution in [0.3, 0.4) is 0 Å². The fourth-order valence-electron chi connectivity index (χ4n) is 4.84. The van der Waals surface area contributed by atoms with Gasteiger partial charge in [-0.2, -0.15) is 0 Å². The molecule has 2 aromatic carbocycles. The van der Waals surface area contributed by atoms with Gasteiger partial charge in [-0.25, -0.2) is 9.59 Å². The van der Waals surface area contributed by atoms with Crippen LogP contribution in [0.5, 0.6) is 11.5 Å². The largest absolute Gasteiger partial charge is 0.497 e. The Morgan fingerprint density at radius 2 is 1.74 bits per heavy atom. The summed E-state index contributed by atoms with van der Waals surface area (Å²) in [5, 5.41) is 14.4. The average molecular weight is 559 g/mol. The molecule has 0 radical (unpaired) electrons. The van der Waals surface area contributed by atoms with Gasteiger partial charge in [-0.3, -0.25) is 4.79 Å². The lowest BCUT2D eigenvalue weighted by Gasteiger charge is -2.32. The topological polar surface area (TPSA) is 117 Å². The molecule has 0 saturated heterocycles. The van der Waals surface area contributed by atoms with Crippen molar-refractivity contribution >= 4 is 35.3 Å². The van der Waals surface area contributed by atoms with Crippen molar-refractivity contribution in [2.24, 2.45) is 0 Å². The minimum Gasteiger partial charge on any atom is -0.497 e. The first-order chi connectivity index (χ1) is 18.7. The number of carboxylic acid groups (broad SMARTS) is 2. The Bertz CT molecular complexity index is 1120. The predicted octanol–water partition coefficient (Wildman–Crippen LogP) is 5.08. The van der Waals surface area contributed by atoms with Crippen LogP contribution in [0.2, 0.25) is 0 Å². The molecular formula is C29H38N2O7S. The number of hydrogen-bond acceptors (Lipinski definition) is 7. The van der Waals surface area contributed by atoms with Gasteiger partial charge in [0.15, 0.2) is 0 Å². The first-order valence-corrected chi connectivity index (χ1v) is 14.1. The number of carbonyl (C=O) groups excluding carboxylic acids is 1. The van der Waals surface area contributed by atoms with E-state index in [1.807, 2.05) is 43.4 Å². The second-order valence-corrected chi connectivity index (χ2v) is 10.9. The van der Waals surface area contributed by atoms with E-state index in [-0.39, 0.29) is 11.2 Å². The fraction of sp³-hybridized carbons (Fsp3) is 0.483. The van der Waals surface area contributed by atoms with Crippen molar-refractivity contribution in [3.05, 3.63) is 48.0 Å². The summed E-state index contributed by atoms with van der Waals surface area (Å²) in [6.45, 7) is 1.76. The smallest absolute Gasteiger partial charge is 0.414 e. The van der Waals surface area contributed by atoms with E-state index in [0.29, 0.717) is 6.61 Å². The number of hydrogen-bond donors (Lipinski definition) is 2. The molecule has 1 heterocycles. The molecule has 1 amide bonds. The number of amides is 1. The van der Waals surface area contributed by atoms with Gasteiger partial charge in [0, 0.05) is 23.5 Å². The number of rotatable bonds is 9. The third-order valence-electron chi connectivity index (χ3n) is 7.07. The van der Waals surface area contributed by atoms with Crippen molar-refractivity contribution in [2.75, 3.05) is 39.3 Å². The van der Waals surface area contributed by atoms with E-state index in [1.165, 1.54) is 32.1 Å². The van der Waals surface area contributed by atoms with E-state index in [1.54, 1.807) is 23.8 Å². The average Bonchev–Trinajstić information content (AvgIpc) is 2.95. The first-order valence-electron chi connectivity index (χ1n) is 13.2. The molecule has 1 aliphatic carbocycles. The number of methoxy groups -OCH3 is 1. The summed E-state index contributed by atoms with van der Waals surface area (Å²) >= 11 is 1.59. The maximum absolute atomic E-state index is 13.2. The number of thioether (sulfide) groups is 1. The highest BCUT2D eigenvalue weighted by atomic mass is 32.2. The fourth-order valence-corrected chi connectivity index (χ4v) is 6.15. The van der Waals surface area contributed by atoms with Crippen molar-refractivity contribution in [2.45, 2.75) is 61.1 Å². The van der Waals surface area contributed by atoms with Crippen LogP contribution in [0.25, 0.3) is 0 Å². The molecule has 39 heavy (non-hydrogen) atoms. The van der Waals surface area contributed by atoms with Crippen molar-refractivity contribution < 1.29 is 34.1 Å². The van der Waals surface area contributed by atoms with E-state index < -0.39 is 11.9 Å². The number of para-hydroxylation sites is 1. The number of benzene rings is 2. The second-order valence-electron chi connectivity index (χ2n) is 9.70. The van der Waals surface area contributed by atoms with Crippen LogP contribution >= 0.6 is 11.8 Å². The number of nitrogens with zero attached hydrogens (tertiary/aromatic N) is 2. The molecule has 0 aromatic heterocycles. The zero-order valence-electron chi connectivity index (χ0n) is 22.8. The molecule has 0 spiro atoms. The minimum atomic E-state index is -1.82. The molecule has 9 nitrogen and oxygen atoms in total. The molecule has 1 saturated carbocycles. The zero-order valence-corrected chi connectivity index (χ0v) is 23.6. The summed E-state index contributed by atoms with van der Waals surface area (Å²) in [4.78, 5) is 36.8.